The van der Waals surface area contributed by atoms with Crippen LogP contribution in [-0.4, -0.2) is 62.1 Å². The number of nitrogens with one attached hydrogen (secondary N) is 4. The summed E-state index contributed by atoms with van der Waals surface area (Å²) in [6.45, 7) is 9.58. The molecule has 8 bridgehead atoms. The summed E-state index contributed by atoms with van der Waals surface area (Å²) in [5.41, 5.74) is 20.5. The van der Waals surface area contributed by atoms with E-state index in [-0.39, 0.29) is 103 Å². The van der Waals surface area contributed by atoms with E-state index in [1.54, 1.807) is 18.2 Å². The maximum atomic E-state index is 14.9. The second-order valence-corrected chi connectivity index (χ2v) is 21.6. The van der Waals surface area contributed by atoms with Crippen molar-refractivity contribution in [1.29, 1.82) is 0 Å². The molecule has 6 aliphatic heterocycles. The van der Waals surface area contributed by atoms with E-state index in [9.17, 15) is 28.0 Å². The fourth-order valence-electron chi connectivity index (χ4n) is 11.9. The fourth-order valence-corrected chi connectivity index (χ4v) is 11.9. The summed E-state index contributed by atoms with van der Waals surface area (Å²) in [6, 6.07) is 18.1. The number of benzene rings is 4. The number of ether oxygens (including phenoxy) is 2. The first-order chi connectivity index (χ1) is 38.3. The van der Waals surface area contributed by atoms with Gasteiger partial charge < -0.3 is 65.6 Å². The monoisotopic (exact) mass is 1110 g/mol. The van der Waals surface area contributed by atoms with Crippen molar-refractivity contribution in [1.82, 2.24) is 30.6 Å². The van der Waals surface area contributed by atoms with Gasteiger partial charge in [-0.25, -0.2) is 28.7 Å². The molecule has 0 radical (unpaired) electrons. The van der Waals surface area contributed by atoms with Crippen molar-refractivity contribution >= 4 is 35.0 Å². The number of fused-ring (bicyclic) bond motifs is 8. The Hall–Kier alpha value is -9.38. The molecule has 4 aromatic carbocycles. The Balaban J connectivity index is 0.000000168. The van der Waals surface area contributed by atoms with Crippen LogP contribution >= 0.6 is 0 Å². The van der Waals surface area contributed by atoms with Crippen LogP contribution in [0.3, 0.4) is 0 Å². The average Bonchev–Trinajstić information content (AvgIpc) is 2.73. The number of aromatic nitrogens is 4. The van der Waals surface area contributed by atoms with E-state index in [2.05, 4.69) is 31.2 Å². The number of hydrogen-bond acceptors (Lipinski definition) is 17. The maximum absolute atomic E-state index is 14.9. The quantitative estimate of drug-likeness (QED) is 0.0839. The van der Waals surface area contributed by atoms with E-state index in [1.807, 2.05) is 65.0 Å². The predicted molar refractivity (Wildman–Crippen MR) is 287 cm³/mol. The molecule has 8 atom stereocenters. The Labute approximate surface area is 462 Å². The highest BCUT2D eigenvalue weighted by molar-refractivity contribution is 5.92. The Morgan fingerprint density at radius 2 is 1.06 bits per heavy atom. The highest BCUT2D eigenvalue weighted by Gasteiger charge is 2.63. The lowest BCUT2D eigenvalue weighted by atomic mass is 9.72. The van der Waals surface area contributed by atoms with Crippen molar-refractivity contribution in [3.05, 3.63) is 165 Å². The van der Waals surface area contributed by atoms with Crippen LogP contribution in [0.2, 0.25) is 0 Å². The molecule has 21 nitrogen and oxygen atoms in total. The summed E-state index contributed by atoms with van der Waals surface area (Å²) in [5, 5.41) is 12.8. The topological polar surface area (TPSA) is 317 Å². The van der Waals surface area contributed by atoms with Gasteiger partial charge in [0.1, 0.15) is 58.6 Å². The maximum Gasteiger partial charge on any atom is 0.270 e. The highest BCUT2D eigenvalue weighted by atomic mass is 19.1. The minimum absolute atomic E-state index is 0. The summed E-state index contributed by atoms with van der Waals surface area (Å²) >= 11 is 0. The van der Waals surface area contributed by atoms with Gasteiger partial charge in [0.2, 0.25) is 35.4 Å². The van der Waals surface area contributed by atoms with Gasteiger partial charge in [-0.3, -0.25) is 19.2 Å². The van der Waals surface area contributed by atoms with E-state index in [1.165, 1.54) is 24.3 Å². The fraction of sp³-hybridized carbons (Fsp3) is 0.310. The first-order valence-corrected chi connectivity index (χ1v) is 26.0. The molecule has 0 saturated carbocycles. The van der Waals surface area contributed by atoms with Crippen LogP contribution < -0.4 is 47.9 Å². The third kappa shape index (κ3) is 7.94. The van der Waals surface area contributed by atoms with Gasteiger partial charge in [-0.05, 0) is 84.3 Å². The Morgan fingerprint density at radius 1 is 0.617 bits per heavy atom. The van der Waals surface area contributed by atoms with Crippen LogP contribution in [0.4, 0.5) is 20.2 Å². The predicted octanol–water partition coefficient (Wildman–Crippen LogP) is 7.68. The van der Waals surface area contributed by atoms with E-state index < -0.39 is 64.9 Å². The van der Waals surface area contributed by atoms with Gasteiger partial charge >= 0.3 is 0 Å². The first-order valence-electron chi connectivity index (χ1n) is 26.0. The van der Waals surface area contributed by atoms with Gasteiger partial charge in [0.05, 0.1) is 6.04 Å². The van der Waals surface area contributed by atoms with Gasteiger partial charge in [0, 0.05) is 41.0 Å². The number of hydrogen-bond donors (Lipinski definition) is 7. The van der Waals surface area contributed by atoms with Crippen LogP contribution in [-0.2, 0) is 33.3 Å². The lowest BCUT2D eigenvalue weighted by molar-refractivity contribution is -0.126. The lowest BCUT2D eigenvalue weighted by Crippen LogP contribution is -2.45. The molecule has 4 amide bonds. The SMILES string of the molecule is C.CC(C)[C@@H]1NC(=O)[C@@H](C)Cc2ccc3c(c2)[C@@]2(c4cc(F)ccc4N[C@@H]2O3)c2oc1nc2-c1nc(C(N)=O)co1.CC(C)[C@@H]1NC(=O)[C@@H](N)Cc2ccc3c(c2)[C@@]2(c4cc(F)ccc4N[C@@H]2O3)c2oc1nc2-c1nc(C(N)=O)co1.[HH]. The number of nitrogens with zero attached hydrogens (tertiary/aromatic N) is 4. The third-order valence-corrected chi connectivity index (χ3v) is 15.8. The number of anilines is 2. The molecule has 8 aromatic rings. The molecule has 14 rings (SSSR count). The molecule has 2 spiro atoms. The molecule has 0 saturated heterocycles. The second-order valence-electron chi connectivity index (χ2n) is 21.6. The molecule has 0 aliphatic carbocycles. The summed E-state index contributed by atoms with van der Waals surface area (Å²) < 4.78 is 67.2. The van der Waals surface area contributed by atoms with Crippen molar-refractivity contribution in [2.45, 2.75) is 96.3 Å². The Kier molecular flexibility index (Phi) is 12.2. The van der Waals surface area contributed by atoms with Crippen molar-refractivity contribution in [3.63, 3.8) is 0 Å². The summed E-state index contributed by atoms with van der Waals surface area (Å²) in [7, 11) is 0. The van der Waals surface area contributed by atoms with Crippen molar-refractivity contribution in [3.8, 4) is 34.7 Å². The third-order valence-electron chi connectivity index (χ3n) is 15.8. The van der Waals surface area contributed by atoms with Crippen LogP contribution in [0.15, 0.2) is 103 Å². The molecule has 10 N–H and O–H groups in total. The van der Waals surface area contributed by atoms with Gasteiger partial charge in [0.15, 0.2) is 46.8 Å². The zero-order valence-corrected chi connectivity index (χ0v) is 43.5. The van der Waals surface area contributed by atoms with Crippen LogP contribution in [0.1, 0.15) is 133 Å². The number of nitrogens with two attached hydrogens (primary N) is 3. The summed E-state index contributed by atoms with van der Waals surface area (Å²) in [6.07, 6.45) is 1.57. The molecular weight excluding hydrogens is 1050 g/mol. The average molecular weight is 1110 g/mol. The summed E-state index contributed by atoms with van der Waals surface area (Å²) in [5.74, 6) is -1.52. The molecule has 0 fully saturated rings. The van der Waals surface area contributed by atoms with E-state index >= 15 is 0 Å². The molecule has 23 heteroatoms. The zero-order chi connectivity index (χ0) is 55.8. The number of rotatable bonds is 6. The lowest BCUT2D eigenvalue weighted by Gasteiger charge is -2.28. The van der Waals surface area contributed by atoms with Crippen molar-refractivity contribution in [2.75, 3.05) is 10.6 Å². The van der Waals surface area contributed by atoms with Gasteiger partial charge in [0.25, 0.3) is 11.8 Å². The normalized spacial score (nSPS) is 24.0. The van der Waals surface area contributed by atoms with E-state index in [0.717, 1.165) is 29.2 Å². The molecule has 6 aliphatic rings. The molecule has 81 heavy (non-hydrogen) atoms. The minimum atomic E-state index is -1.24. The van der Waals surface area contributed by atoms with E-state index in [4.69, 9.17) is 54.3 Å². The standard InChI is InChI=1S/C29H26FN5O5.C28H25FN6O5.CH4.H2/c1-12(2)21-27-35-22(26-32-19(11-38-26)24(31)36)23(40-27)29-16-10-15(30)5-6-18(16)33-28(29)39-20-7-4-14(9-17(20)29)8-13(3)25(37)34-21;1-11(2)20-26-35-21(25-32-18(10-38-25)23(31)36)22(40-26)28-14-9-13(29)4-5-17(14)33-27(28)39-19-6-3-12(7-15(19)28)8-16(30)24(37)34-20;;/h4-7,9-13,21,28,33H,8H2,1-3H3,(H2,31,36)(H,34,37);3-7,9-11,16,20,27,33H,8,30H2,1-2H3,(H2,31,36)(H,34,37);1H4;1H/t13-,21-,28+,29-;16-,20-,27+,28-;;/m00../s1. The van der Waals surface area contributed by atoms with Crippen molar-refractivity contribution in [2.24, 2.45) is 35.0 Å². The number of oxazole rings is 4. The smallest absolute Gasteiger partial charge is 0.270 e. The zero-order valence-electron chi connectivity index (χ0n) is 43.5. The second kappa shape index (κ2) is 18.9. The van der Waals surface area contributed by atoms with Crippen molar-refractivity contribution < 1.29 is 56.5 Å². The number of halogens is 2. The van der Waals surface area contributed by atoms with Crippen LogP contribution in [0.5, 0.6) is 11.5 Å². The van der Waals surface area contributed by atoms with Gasteiger partial charge in [-0.1, -0.05) is 66.3 Å². The van der Waals surface area contributed by atoms with Gasteiger partial charge in [-0.2, -0.15) is 0 Å². The summed E-state index contributed by atoms with van der Waals surface area (Å²) in [4.78, 5) is 68.3. The molecule has 0 unspecified atom stereocenters. The number of amides is 4. The molecule has 10 heterocycles. The largest absolute Gasteiger partial charge is 0.469 e. The highest BCUT2D eigenvalue weighted by Crippen LogP contribution is 2.61. The number of carbonyl (C=O) groups excluding carboxylic acids is 4. The molecular formula is C58H57F2N11O10. The Bertz CT molecular complexity index is 3680. The minimum Gasteiger partial charge on any atom is -0.469 e. The molecule has 4 aromatic heterocycles. The number of carbonyl (C=O) groups is 4. The van der Waals surface area contributed by atoms with Crippen LogP contribution in [0.25, 0.3) is 23.2 Å². The van der Waals surface area contributed by atoms with Crippen LogP contribution in [0, 0.1) is 29.4 Å². The van der Waals surface area contributed by atoms with Gasteiger partial charge in [-0.15, -0.1) is 0 Å². The number of primary amides is 2. The Morgan fingerprint density at radius 3 is 1.49 bits per heavy atom. The first kappa shape index (κ1) is 52.3. The van der Waals surface area contributed by atoms with E-state index in [0.29, 0.717) is 46.0 Å². The molecule has 418 valence electrons.